The summed E-state index contributed by atoms with van der Waals surface area (Å²) >= 11 is 0. The van der Waals surface area contributed by atoms with Gasteiger partial charge in [0.1, 0.15) is 11.9 Å². The first-order valence-corrected chi connectivity index (χ1v) is 8.39. The Morgan fingerprint density at radius 3 is 2.52 bits per heavy atom. The minimum atomic E-state index is -0.215. The van der Waals surface area contributed by atoms with Crippen LogP contribution in [0.15, 0.2) is 35.3 Å². The van der Waals surface area contributed by atoms with Gasteiger partial charge in [0.25, 0.3) is 0 Å². The number of hydrogen-bond donors (Lipinski definition) is 1. The second kappa shape index (κ2) is 11.2. The SMILES string of the molecule is CN=C(NCC(C)C(=O)OC)N1CCC(Oc2ccccc2)CC1.I. The van der Waals surface area contributed by atoms with Crippen LogP contribution in [0.25, 0.3) is 0 Å². The van der Waals surface area contributed by atoms with E-state index in [1.807, 2.05) is 37.3 Å². The molecular formula is C18H28IN3O3. The second-order valence-electron chi connectivity index (χ2n) is 5.97. The number of likely N-dealkylation sites (tertiary alicyclic amines) is 1. The molecule has 25 heavy (non-hydrogen) atoms. The first-order chi connectivity index (χ1) is 11.6. The normalized spacial score (nSPS) is 16.6. The van der Waals surface area contributed by atoms with Crippen molar-refractivity contribution < 1.29 is 14.3 Å². The molecule has 0 radical (unpaired) electrons. The van der Waals surface area contributed by atoms with Gasteiger partial charge in [0, 0.05) is 39.5 Å². The highest BCUT2D eigenvalue weighted by Gasteiger charge is 2.23. The van der Waals surface area contributed by atoms with E-state index in [-0.39, 0.29) is 42.0 Å². The largest absolute Gasteiger partial charge is 0.490 e. The highest BCUT2D eigenvalue weighted by molar-refractivity contribution is 14.0. The molecule has 0 saturated carbocycles. The van der Waals surface area contributed by atoms with Gasteiger partial charge < -0.3 is 19.7 Å². The molecule has 0 amide bonds. The summed E-state index contributed by atoms with van der Waals surface area (Å²) in [6.07, 6.45) is 2.13. The molecular weight excluding hydrogens is 433 g/mol. The van der Waals surface area contributed by atoms with Crippen LogP contribution in [0.5, 0.6) is 5.75 Å². The average molecular weight is 461 g/mol. The van der Waals surface area contributed by atoms with E-state index >= 15 is 0 Å². The molecule has 1 unspecified atom stereocenters. The summed E-state index contributed by atoms with van der Waals surface area (Å²) in [4.78, 5) is 18.0. The predicted octanol–water partition coefficient (Wildman–Crippen LogP) is 2.53. The molecule has 1 saturated heterocycles. The third kappa shape index (κ3) is 6.72. The maximum Gasteiger partial charge on any atom is 0.310 e. The number of para-hydroxylation sites is 1. The van der Waals surface area contributed by atoms with Gasteiger partial charge in [0.2, 0.25) is 0 Å². The number of ether oxygens (including phenoxy) is 2. The predicted molar refractivity (Wildman–Crippen MR) is 110 cm³/mol. The fourth-order valence-electron chi connectivity index (χ4n) is 2.74. The van der Waals surface area contributed by atoms with Crippen LogP contribution in [-0.4, -0.2) is 56.7 Å². The minimum absolute atomic E-state index is 0. The van der Waals surface area contributed by atoms with Gasteiger partial charge in [0.15, 0.2) is 5.96 Å². The summed E-state index contributed by atoms with van der Waals surface area (Å²) < 4.78 is 10.8. The lowest BCUT2D eigenvalue weighted by molar-refractivity contribution is -0.144. The summed E-state index contributed by atoms with van der Waals surface area (Å²) in [6, 6.07) is 9.93. The second-order valence-corrected chi connectivity index (χ2v) is 5.97. The van der Waals surface area contributed by atoms with Gasteiger partial charge in [-0.15, -0.1) is 24.0 Å². The zero-order valence-corrected chi connectivity index (χ0v) is 17.4. The third-order valence-corrected chi connectivity index (χ3v) is 4.17. The molecule has 1 aliphatic rings. The molecule has 140 valence electrons. The first-order valence-electron chi connectivity index (χ1n) is 8.39. The van der Waals surface area contributed by atoms with E-state index in [2.05, 4.69) is 15.2 Å². The summed E-state index contributed by atoms with van der Waals surface area (Å²) in [5, 5.41) is 3.25. The Balaban J connectivity index is 0.00000312. The van der Waals surface area contributed by atoms with Crippen molar-refractivity contribution >= 4 is 35.9 Å². The Labute approximate surface area is 167 Å². The Hall–Kier alpha value is -1.51. The number of halogens is 1. The molecule has 1 heterocycles. The Bertz CT molecular complexity index is 546. The van der Waals surface area contributed by atoms with Crippen molar-refractivity contribution in [2.75, 3.05) is 33.8 Å². The maximum atomic E-state index is 11.5. The number of piperidine rings is 1. The van der Waals surface area contributed by atoms with E-state index in [0.717, 1.165) is 37.6 Å². The molecule has 1 fully saturated rings. The molecule has 0 spiro atoms. The first kappa shape index (κ1) is 21.5. The molecule has 1 aliphatic heterocycles. The van der Waals surface area contributed by atoms with E-state index in [4.69, 9.17) is 9.47 Å². The smallest absolute Gasteiger partial charge is 0.310 e. The van der Waals surface area contributed by atoms with Crippen molar-refractivity contribution in [2.45, 2.75) is 25.9 Å². The van der Waals surface area contributed by atoms with Crippen LogP contribution >= 0.6 is 24.0 Å². The zero-order valence-electron chi connectivity index (χ0n) is 15.1. The molecule has 0 aliphatic carbocycles. The molecule has 1 N–H and O–H groups in total. The van der Waals surface area contributed by atoms with Crippen molar-refractivity contribution in [1.82, 2.24) is 10.2 Å². The highest BCUT2D eigenvalue weighted by atomic mass is 127. The van der Waals surface area contributed by atoms with E-state index in [1.165, 1.54) is 7.11 Å². The number of carbonyl (C=O) groups is 1. The Morgan fingerprint density at radius 1 is 1.32 bits per heavy atom. The number of benzene rings is 1. The number of rotatable bonds is 5. The van der Waals surface area contributed by atoms with E-state index in [9.17, 15) is 4.79 Å². The minimum Gasteiger partial charge on any atom is -0.490 e. The maximum absolute atomic E-state index is 11.5. The van der Waals surface area contributed by atoms with Crippen LogP contribution in [0.4, 0.5) is 0 Å². The van der Waals surface area contributed by atoms with Crippen LogP contribution in [0.1, 0.15) is 19.8 Å². The van der Waals surface area contributed by atoms with Gasteiger partial charge in [-0.05, 0) is 12.1 Å². The fourth-order valence-corrected chi connectivity index (χ4v) is 2.74. The lowest BCUT2D eigenvalue weighted by atomic mass is 10.1. The topological polar surface area (TPSA) is 63.2 Å². The Kier molecular flexibility index (Phi) is 9.62. The lowest BCUT2D eigenvalue weighted by Gasteiger charge is -2.34. The van der Waals surface area contributed by atoms with Gasteiger partial charge in [-0.25, -0.2) is 0 Å². The van der Waals surface area contributed by atoms with Gasteiger partial charge in [-0.3, -0.25) is 9.79 Å². The van der Waals surface area contributed by atoms with Crippen LogP contribution in [0.2, 0.25) is 0 Å². The number of aliphatic imine (C=N–C) groups is 1. The van der Waals surface area contributed by atoms with E-state index < -0.39 is 0 Å². The van der Waals surface area contributed by atoms with Crippen molar-refractivity contribution in [1.29, 1.82) is 0 Å². The standard InChI is InChI=1S/C18H27N3O3.HI/c1-14(17(22)23-3)13-20-18(19-2)21-11-9-16(10-12-21)24-15-7-5-4-6-8-15;/h4-8,14,16H,9-13H2,1-3H3,(H,19,20);1H. The van der Waals surface area contributed by atoms with Crippen molar-refractivity contribution in [3.05, 3.63) is 30.3 Å². The van der Waals surface area contributed by atoms with Crippen molar-refractivity contribution in [2.24, 2.45) is 10.9 Å². The Morgan fingerprint density at radius 2 is 1.96 bits per heavy atom. The average Bonchev–Trinajstić information content (AvgIpc) is 2.63. The monoisotopic (exact) mass is 461 g/mol. The quantitative estimate of drug-likeness (QED) is 0.316. The molecule has 0 aromatic heterocycles. The van der Waals surface area contributed by atoms with Gasteiger partial charge in [-0.2, -0.15) is 0 Å². The van der Waals surface area contributed by atoms with Crippen molar-refractivity contribution in [3.63, 3.8) is 0 Å². The van der Waals surface area contributed by atoms with Crippen LogP contribution in [0.3, 0.4) is 0 Å². The molecule has 2 rings (SSSR count). The van der Waals surface area contributed by atoms with E-state index in [1.54, 1.807) is 7.05 Å². The number of esters is 1. The number of nitrogens with zero attached hydrogens (tertiary/aromatic N) is 2. The summed E-state index contributed by atoms with van der Waals surface area (Å²) in [5.41, 5.74) is 0. The van der Waals surface area contributed by atoms with Crippen LogP contribution in [0, 0.1) is 5.92 Å². The van der Waals surface area contributed by atoms with E-state index in [0.29, 0.717) is 6.54 Å². The third-order valence-electron chi connectivity index (χ3n) is 4.17. The number of nitrogens with one attached hydrogen (secondary N) is 1. The molecule has 1 aromatic rings. The summed E-state index contributed by atoms with van der Waals surface area (Å²) in [6.45, 7) is 4.11. The zero-order chi connectivity index (χ0) is 17.4. The number of guanidine groups is 1. The fraction of sp³-hybridized carbons (Fsp3) is 0.556. The number of carbonyl (C=O) groups excluding carboxylic acids is 1. The number of hydrogen-bond acceptors (Lipinski definition) is 4. The van der Waals surface area contributed by atoms with Crippen molar-refractivity contribution in [3.8, 4) is 5.75 Å². The molecule has 1 aromatic carbocycles. The molecule has 0 bridgehead atoms. The summed E-state index contributed by atoms with van der Waals surface area (Å²) in [7, 11) is 3.17. The molecule has 6 nitrogen and oxygen atoms in total. The van der Waals surface area contributed by atoms with Gasteiger partial charge >= 0.3 is 5.97 Å². The molecule has 7 heteroatoms. The summed E-state index contributed by atoms with van der Waals surface area (Å²) in [5.74, 6) is 1.33. The number of methoxy groups -OCH3 is 1. The molecule has 1 atom stereocenters. The highest BCUT2D eigenvalue weighted by Crippen LogP contribution is 2.18. The van der Waals surface area contributed by atoms with Gasteiger partial charge in [0.05, 0.1) is 13.0 Å². The van der Waals surface area contributed by atoms with Crippen LogP contribution < -0.4 is 10.1 Å². The van der Waals surface area contributed by atoms with Gasteiger partial charge in [-0.1, -0.05) is 25.1 Å². The van der Waals surface area contributed by atoms with Crippen LogP contribution in [-0.2, 0) is 9.53 Å². The lowest BCUT2D eigenvalue weighted by Crippen LogP contribution is -2.48.